The molecule has 0 bridgehead atoms. The van der Waals surface area contributed by atoms with Crippen LogP contribution < -0.4 is 10.6 Å². The molecule has 1 unspecified atom stereocenters. The van der Waals surface area contributed by atoms with Gasteiger partial charge < -0.3 is 10.6 Å². The molecule has 1 atom stereocenters. The number of carbonyl (C=O) groups excluding carboxylic acids is 1. The Labute approximate surface area is 126 Å². The van der Waals surface area contributed by atoms with Crippen LogP contribution in [0.2, 0.25) is 0 Å². The molecule has 20 heavy (non-hydrogen) atoms. The van der Waals surface area contributed by atoms with Crippen LogP contribution in [0.5, 0.6) is 0 Å². The van der Waals surface area contributed by atoms with Crippen LogP contribution in [0.4, 0.5) is 11.4 Å². The van der Waals surface area contributed by atoms with Crippen molar-refractivity contribution in [3.05, 3.63) is 57.6 Å². The second-order valence-electron chi connectivity index (χ2n) is 5.10. The lowest BCUT2D eigenvalue weighted by Crippen LogP contribution is -2.19. The molecule has 0 saturated heterocycles. The van der Waals surface area contributed by atoms with E-state index in [-0.39, 0.29) is 11.9 Å². The maximum Gasteiger partial charge on any atom is 0.251 e. The molecule has 3 nitrogen and oxygen atoms in total. The Kier molecular flexibility index (Phi) is 3.26. The highest BCUT2D eigenvalue weighted by atomic mass is 79.9. The third kappa shape index (κ3) is 2.31. The Morgan fingerprint density at radius 3 is 2.65 bits per heavy atom. The summed E-state index contributed by atoms with van der Waals surface area (Å²) >= 11 is 3.45. The van der Waals surface area contributed by atoms with Crippen LogP contribution in [0, 0.1) is 13.8 Å². The van der Waals surface area contributed by atoms with Gasteiger partial charge in [0.1, 0.15) is 6.04 Å². The molecule has 1 amide bonds. The first-order valence-corrected chi connectivity index (χ1v) is 7.28. The standard InChI is InChI=1S/C16H15BrN2O/c1-9-3-5-12(7-10(9)2)18-15-13-8-11(17)4-6-14(13)19-16(15)20/h3-8,15,18H,1-2H3,(H,19,20). The van der Waals surface area contributed by atoms with Gasteiger partial charge in [0.2, 0.25) is 0 Å². The minimum atomic E-state index is -0.343. The lowest BCUT2D eigenvalue weighted by atomic mass is 10.1. The minimum Gasteiger partial charge on any atom is -0.370 e. The van der Waals surface area contributed by atoms with Gasteiger partial charge in [-0.1, -0.05) is 22.0 Å². The van der Waals surface area contributed by atoms with Gasteiger partial charge >= 0.3 is 0 Å². The van der Waals surface area contributed by atoms with Crippen LogP contribution >= 0.6 is 15.9 Å². The van der Waals surface area contributed by atoms with Gasteiger partial charge in [0, 0.05) is 21.4 Å². The number of aryl methyl sites for hydroxylation is 2. The van der Waals surface area contributed by atoms with E-state index in [1.54, 1.807) is 0 Å². The van der Waals surface area contributed by atoms with Crippen molar-refractivity contribution in [2.75, 3.05) is 10.6 Å². The number of fused-ring (bicyclic) bond motifs is 1. The minimum absolute atomic E-state index is 0.0173. The molecule has 1 aliphatic rings. The molecule has 0 fully saturated rings. The lowest BCUT2D eigenvalue weighted by molar-refractivity contribution is -0.116. The summed E-state index contributed by atoms with van der Waals surface area (Å²) < 4.78 is 0.972. The SMILES string of the molecule is Cc1ccc(NC2C(=O)Nc3ccc(Br)cc32)cc1C. The first-order valence-electron chi connectivity index (χ1n) is 6.49. The van der Waals surface area contributed by atoms with E-state index in [2.05, 4.69) is 52.5 Å². The molecule has 1 heterocycles. The predicted molar refractivity (Wildman–Crippen MR) is 85.1 cm³/mol. The van der Waals surface area contributed by atoms with Gasteiger partial charge in [0.05, 0.1) is 0 Å². The number of rotatable bonds is 2. The number of benzene rings is 2. The molecule has 1 aliphatic heterocycles. The molecular weight excluding hydrogens is 316 g/mol. The Hall–Kier alpha value is -1.81. The van der Waals surface area contributed by atoms with Gasteiger partial charge in [0.15, 0.2) is 0 Å². The van der Waals surface area contributed by atoms with Gasteiger partial charge in [-0.2, -0.15) is 0 Å². The predicted octanol–water partition coefficient (Wildman–Crippen LogP) is 4.17. The van der Waals surface area contributed by atoms with E-state index in [1.807, 2.05) is 24.3 Å². The number of carbonyl (C=O) groups is 1. The highest BCUT2D eigenvalue weighted by molar-refractivity contribution is 9.10. The third-order valence-electron chi connectivity index (χ3n) is 3.66. The van der Waals surface area contributed by atoms with Crippen molar-refractivity contribution in [2.24, 2.45) is 0 Å². The van der Waals surface area contributed by atoms with Gasteiger partial charge in [-0.05, 0) is 55.3 Å². The van der Waals surface area contributed by atoms with Gasteiger partial charge in [-0.3, -0.25) is 4.79 Å². The van der Waals surface area contributed by atoms with Crippen molar-refractivity contribution in [1.29, 1.82) is 0 Å². The Morgan fingerprint density at radius 1 is 1.10 bits per heavy atom. The molecule has 0 aliphatic carbocycles. The van der Waals surface area contributed by atoms with Crippen molar-refractivity contribution in [1.82, 2.24) is 0 Å². The number of hydrogen-bond donors (Lipinski definition) is 2. The van der Waals surface area contributed by atoms with Gasteiger partial charge in [-0.15, -0.1) is 0 Å². The molecule has 2 N–H and O–H groups in total. The first kappa shape index (κ1) is 13.2. The van der Waals surface area contributed by atoms with E-state index in [4.69, 9.17) is 0 Å². The van der Waals surface area contributed by atoms with Crippen LogP contribution in [0.25, 0.3) is 0 Å². The number of halogens is 1. The molecule has 0 spiro atoms. The summed E-state index contributed by atoms with van der Waals surface area (Å²) in [7, 11) is 0. The summed E-state index contributed by atoms with van der Waals surface area (Å²) in [6.45, 7) is 4.15. The van der Waals surface area contributed by atoms with Crippen LogP contribution in [-0.4, -0.2) is 5.91 Å². The van der Waals surface area contributed by atoms with E-state index in [1.165, 1.54) is 11.1 Å². The summed E-state index contributed by atoms with van der Waals surface area (Å²) in [5.74, 6) is -0.0173. The fraction of sp³-hybridized carbons (Fsp3) is 0.188. The number of anilines is 2. The van der Waals surface area contributed by atoms with Crippen molar-refractivity contribution in [3.63, 3.8) is 0 Å². The maximum absolute atomic E-state index is 12.1. The van der Waals surface area contributed by atoms with E-state index in [0.717, 1.165) is 21.4 Å². The first-order chi connectivity index (χ1) is 9.54. The van der Waals surface area contributed by atoms with Crippen molar-refractivity contribution in [2.45, 2.75) is 19.9 Å². The molecule has 3 rings (SSSR count). The summed E-state index contributed by atoms with van der Waals surface area (Å²) in [6.07, 6.45) is 0. The van der Waals surface area contributed by atoms with E-state index in [0.29, 0.717) is 0 Å². The number of nitrogens with one attached hydrogen (secondary N) is 2. The molecule has 0 radical (unpaired) electrons. The largest absolute Gasteiger partial charge is 0.370 e. The molecule has 0 saturated carbocycles. The monoisotopic (exact) mass is 330 g/mol. The van der Waals surface area contributed by atoms with E-state index in [9.17, 15) is 4.79 Å². The zero-order valence-corrected chi connectivity index (χ0v) is 12.9. The average molecular weight is 331 g/mol. The highest BCUT2D eigenvalue weighted by Gasteiger charge is 2.30. The van der Waals surface area contributed by atoms with E-state index >= 15 is 0 Å². The molecule has 0 aromatic heterocycles. The molecule has 102 valence electrons. The Balaban J connectivity index is 1.93. The van der Waals surface area contributed by atoms with Crippen LogP contribution in [0.3, 0.4) is 0 Å². The molecule has 4 heteroatoms. The summed E-state index contributed by atoms with van der Waals surface area (Å²) in [5, 5.41) is 6.21. The second-order valence-corrected chi connectivity index (χ2v) is 6.01. The molecule has 2 aromatic carbocycles. The van der Waals surface area contributed by atoms with Crippen LogP contribution in [0.15, 0.2) is 40.9 Å². The van der Waals surface area contributed by atoms with Crippen molar-refractivity contribution in [3.8, 4) is 0 Å². The fourth-order valence-electron chi connectivity index (χ4n) is 2.37. The highest BCUT2D eigenvalue weighted by Crippen LogP contribution is 2.35. The average Bonchev–Trinajstić information content (AvgIpc) is 2.70. The number of amides is 1. The normalized spacial score (nSPS) is 16.8. The summed E-state index contributed by atoms with van der Waals surface area (Å²) in [6, 6.07) is 11.6. The second kappa shape index (κ2) is 4.94. The van der Waals surface area contributed by atoms with E-state index < -0.39 is 0 Å². The molecular formula is C16H15BrN2O. The summed E-state index contributed by atoms with van der Waals surface area (Å²) in [4.78, 5) is 12.1. The van der Waals surface area contributed by atoms with Crippen LogP contribution in [0.1, 0.15) is 22.7 Å². The number of hydrogen-bond acceptors (Lipinski definition) is 2. The topological polar surface area (TPSA) is 41.1 Å². The maximum atomic E-state index is 12.1. The lowest BCUT2D eigenvalue weighted by Gasteiger charge is -2.14. The molecule has 2 aromatic rings. The fourth-order valence-corrected chi connectivity index (χ4v) is 2.75. The zero-order chi connectivity index (χ0) is 14.3. The summed E-state index contributed by atoms with van der Waals surface area (Å²) in [5.41, 5.74) is 5.26. The van der Waals surface area contributed by atoms with Crippen molar-refractivity contribution < 1.29 is 4.79 Å². The van der Waals surface area contributed by atoms with Gasteiger partial charge in [-0.25, -0.2) is 0 Å². The van der Waals surface area contributed by atoms with Gasteiger partial charge in [0.25, 0.3) is 5.91 Å². The smallest absolute Gasteiger partial charge is 0.251 e. The third-order valence-corrected chi connectivity index (χ3v) is 4.16. The Bertz CT molecular complexity index is 697. The quantitative estimate of drug-likeness (QED) is 0.867. The van der Waals surface area contributed by atoms with Crippen LogP contribution in [-0.2, 0) is 4.79 Å². The van der Waals surface area contributed by atoms with Crippen molar-refractivity contribution >= 4 is 33.2 Å². The Morgan fingerprint density at radius 2 is 1.90 bits per heavy atom. The zero-order valence-electron chi connectivity index (χ0n) is 11.3.